The number of carbonyl (C=O) groups is 1. The zero-order valence-corrected chi connectivity index (χ0v) is 17.6. The molecule has 0 aliphatic rings. The molecule has 0 aliphatic heterocycles. The first kappa shape index (κ1) is 20.8. The van der Waals surface area contributed by atoms with Gasteiger partial charge in [-0.15, -0.1) is 0 Å². The van der Waals surface area contributed by atoms with Gasteiger partial charge in [-0.1, -0.05) is 42.5 Å². The van der Waals surface area contributed by atoms with Crippen molar-refractivity contribution in [3.8, 4) is 11.5 Å². The number of phenols is 1. The van der Waals surface area contributed by atoms with Crippen LogP contribution in [0.2, 0.25) is 0 Å². The van der Waals surface area contributed by atoms with Crippen LogP contribution in [0.5, 0.6) is 11.5 Å². The number of aromatic hydroxyl groups is 1. The molecule has 0 amide bonds. The molecule has 0 heterocycles. The molecule has 0 aromatic heterocycles. The molecule has 0 bridgehead atoms. The second-order valence-corrected chi connectivity index (χ2v) is 9.38. The summed E-state index contributed by atoms with van der Waals surface area (Å²) in [6, 6.07) is 25.0. The van der Waals surface area contributed by atoms with Crippen molar-refractivity contribution in [2.45, 2.75) is 41.1 Å². The monoisotopic (exact) mass is 409 g/mol. The molecule has 3 rings (SSSR count). The van der Waals surface area contributed by atoms with E-state index >= 15 is 0 Å². The van der Waals surface area contributed by atoms with E-state index in [4.69, 9.17) is 9.47 Å². The molecule has 0 fully saturated rings. The van der Waals surface area contributed by atoms with E-state index in [1.54, 1.807) is 18.2 Å². The molecule has 4 nitrogen and oxygen atoms in total. The SMILES string of the molecule is CC(C)(C)OC(=O)COc1cccc(O)c1[S+](c1ccccc1)c1ccccc1. The highest BCUT2D eigenvalue weighted by Crippen LogP contribution is 2.41. The van der Waals surface area contributed by atoms with E-state index in [-0.39, 0.29) is 12.4 Å². The molecule has 1 N–H and O–H groups in total. The van der Waals surface area contributed by atoms with E-state index in [0.29, 0.717) is 10.6 Å². The normalized spacial score (nSPS) is 11.3. The summed E-state index contributed by atoms with van der Waals surface area (Å²) in [7, 11) is -0.599. The van der Waals surface area contributed by atoms with Gasteiger partial charge in [0.25, 0.3) is 0 Å². The van der Waals surface area contributed by atoms with Crippen LogP contribution in [0.3, 0.4) is 0 Å². The topological polar surface area (TPSA) is 55.8 Å². The van der Waals surface area contributed by atoms with Crippen LogP contribution in [0, 0.1) is 0 Å². The minimum Gasteiger partial charge on any atom is -0.503 e. The van der Waals surface area contributed by atoms with Crippen LogP contribution >= 0.6 is 0 Å². The fourth-order valence-electron chi connectivity index (χ4n) is 2.82. The second-order valence-electron chi connectivity index (χ2n) is 7.41. The molecule has 150 valence electrons. The highest BCUT2D eigenvalue weighted by Gasteiger charge is 2.35. The summed E-state index contributed by atoms with van der Waals surface area (Å²) in [6.45, 7) is 5.21. The van der Waals surface area contributed by atoms with Gasteiger partial charge in [0.05, 0.1) is 0 Å². The third-order valence-electron chi connectivity index (χ3n) is 3.89. The van der Waals surface area contributed by atoms with Crippen molar-refractivity contribution in [1.29, 1.82) is 0 Å². The van der Waals surface area contributed by atoms with Crippen LogP contribution in [0.15, 0.2) is 93.5 Å². The van der Waals surface area contributed by atoms with Crippen molar-refractivity contribution in [2.75, 3.05) is 6.61 Å². The summed E-state index contributed by atoms with van der Waals surface area (Å²) in [4.78, 5) is 14.9. The first-order valence-corrected chi connectivity index (χ1v) is 10.6. The van der Waals surface area contributed by atoms with Gasteiger partial charge in [-0.2, -0.15) is 0 Å². The molecule has 0 saturated carbocycles. The molecule has 0 aliphatic carbocycles. The first-order valence-electron chi connectivity index (χ1n) is 9.36. The van der Waals surface area contributed by atoms with E-state index < -0.39 is 22.5 Å². The number of rotatable bonds is 6. The maximum atomic E-state index is 12.1. The molecular weight excluding hydrogens is 384 g/mol. The van der Waals surface area contributed by atoms with E-state index in [9.17, 15) is 9.90 Å². The zero-order chi connectivity index (χ0) is 20.9. The fraction of sp³-hybridized carbons (Fsp3) is 0.208. The van der Waals surface area contributed by atoms with Gasteiger partial charge in [0, 0.05) is 0 Å². The number of hydrogen-bond donors (Lipinski definition) is 1. The Morgan fingerprint density at radius 3 is 1.93 bits per heavy atom. The van der Waals surface area contributed by atoms with E-state index in [1.807, 2.05) is 81.4 Å². The van der Waals surface area contributed by atoms with Gasteiger partial charge >= 0.3 is 5.97 Å². The lowest BCUT2D eigenvalue weighted by Gasteiger charge is -2.20. The van der Waals surface area contributed by atoms with E-state index in [0.717, 1.165) is 9.79 Å². The lowest BCUT2D eigenvalue weighted by molar-refractivity contribution is -0.157. The lowest BCUT2D eigenvalue weighted by Crippen LogP contribution is -2.27. The van der Waals surface area contributed by atoms with Crippen LogP contribution in [-0.4, -0.2) is 23.3 Å². The fourth-order valence-corrected chi connectivity index (χ4v) is 5.02. The summed E-state index contributed by atoms with van der Waals surface area (Å²) in [6.07, 6.45) is 0. The van der Waals surface area contributed by atoms with Gasteiger partial charge in [0.15, 0.2) is 27.9 Å². The third-order valence-corrected chi connectivity index (χ3v) is 6.19. The second kappa shape index (κ2) is 9.05. The predicted molar refractivity (Wildman–Crippen MR) is 114 cm³/mol. The molecule has 0 spiro atoms. The van der Waals surface area contributed by atoms with Crippen LogP contribution in [0.4, 0.5) is 0 Å². The van der Waals surface area contributed by atoms with Crippen molar-refractivity contribution in [3.05, 3.63) is 78.9 Å². The maximum Gasteiger partial charge on any atom is 0.344 e. The summed E-state index contributed by atoms with van der Waals surface area (Å²) in [5, 5.41) is 10.7. The van der Waals surface area contributed by atoms with Crippen LogP contribution < -0.4 is 4.74 Å². The van der Waals surface area contributed by atoms with Crippen molar-refractivity contribution in [1.82, 2.24) is 0 Å². The van der Waals surface area contributed by atoms with Gasteiger partial charge in [-0.05, 0) is 57.2 Å². The molecule has 0 saturated heterocycles. The van der Waals surface area contributed by atoms with Gasteiger partial charge in [-0.25, -0.2) is 4.79 Å². The van der Waals surface area contributed by atoms with Gasteiger partial charge < -0.3 is 14.6 Å². The number of hydrogen-bond acceptors (Lipinski definition) is 4. The van der Waals surface area contributed by atoms with Gasteiger partial charge in [0.1, 0.15) is 16.5 Å². The Hall–Kier alpha value is -2.92. The minimum atomic E-state index is -0.599. The van der Waals surface area contributed by atoms with Gasteiger partial charge in [0.2, 0.25) is 4.90 Å². The summed E-state index contributed by atoms with van der Waals surface area (Å²) in [5.41, 5.74) is -0.583. The highest BCUT2D eigenvalue weighted by molar-refractivity contribution is 7.97. The Morgan fingerprint density at radius 1 is 0.862 bits per heavy atom. The van der Waals surface area contributed by atoms with Crippen molar-refractivity contribution in [3.63, 3.8) is 0 Å². The standard InChI is InChI=1S/C24H24O4S/c1-24(2,3)28-22(26)17-27-21-16-10-15-20(25)23(21)29(18-11-6-4-7-12-18)19-13-8-5-9-14-19/h4-16H,17H2,1-3H3/p+1. The number of esters is 1. The summed E-state index contributed by atoms with van der Waals surface area (Å²) in [5.74, 6) is 0.140. The van der Waals surface area contributed by atoms with E-state index in [1.165, 1.54) is 0 Å². The largest absolute Gasteiger partial charge is 0.503 e. The molecular formula is C24H25O4S+. The zero-order valence-electron chi connectivity index (χ0n) is 16.8. The van der Waals surface area contributed by atoms with E-state index in [2.05, 4.69) is 0 Å². The molecule has 3 aromatic rings. The molecule has 3 aromatic carbocycles. The molecule has 5 heteroatoms. The van der Waals surface area contributed by atoms with Crippen molar-refractivity contribution >= 4 is 16.9 Å². The number of benzene rings is 3. The predicted octanol–water partition coefficient (Wildman–Crippen LogP) is 5.21. The summed E-state index contributed by atoms with van der Waals surface area (Å²) < 4.78 is 11.2. The van der Waals surface area contributed by atoms with Crippen molar-refractivity contribution in [2.24, 2.45) is 0 Å². The molecule has 0 atom stereocenters. The molecule has 0 radical (unpaired) electrons. The minimum absolute atomic E-state index is 0.128. The lowest BCUT2D eigenvalue weighted by atomic mass is 10.2. The molecule has 29 heavy (non-hydrogen) atoms. The maximum absolute atomic E-state index is 12.1. The third kappa shape index (κ3) is 5.55. The molecule has 0 unspecified atom stereocenters. The highest BCUT2D eigenvalue weighted by atomic mass is 32.2. The Bertz CT molecular complexity index is 910. The first-order chi connectivity index (χ1) is 13.8. The van der Waals surface area contributed by atoms with Crippen LogP contribution in [0.1, 0.15) is 20.8 Å². The number of ether oxygens (including phenoxy) is 2. The Kier molecular flexibility index (Phi) is 6.49. The Labute approximate surface area is 174 Å². The van der Waals surface area contributed by atoms with Crippen LogP contribution in [0.25, 0.3) is 0 Å². The average Bonchev–Trinajstić information content (AvgIpc) is 2.69. The summed E-state index contributed by atoms with van der Waals surface area (Å²) >= 11 is 0. The Morgan fingerprint density at radius 2 is 1.41 bits per heavy atom. The van der Waals surface area contributed by atoms with Crippen molar-refractivity contribution < 1.29 is 19.4 Å². The average molecular weight is 410 g/mol. The quantitative estimate of drug-likeness (QED) is 0.449. The smallest absolute Gasteiger partial charge is 0.344 e. The number of phenolic OH excluding ortho intramolecular Hbond substituents is 1. The van der Waals surface area contributed by atoms with Crippen LogP contribution in [-0.2, 0) is 20.4 Å². The van der Waals surface area contributed by atoms with Gasteiger partial charge in [-0.3, -0.25) is 0 Å². The Balaban J connectivity index is 2.00. The number of carbonyl (C=O) groups excluding carboxylic acids is 1.